The molecule has 0 aliphatic heterocycles. The second kappa shape index (κ2) is 7.19. The maximum atomic E-state index is 12.0. The molecule has 0 bridgehead atoms. The lowest BCUT2D eigenvalue weighted by Crippen LogP contribution is -2.54. The Morgan fingerprint density at radius 3 is 2.00 bits per heavy atom. The number of carbonyl (C=O) groups excluding carboxylic acids is 2. The Labute approximate surface area is 124 Å². The summed E-state index contributed by atoms with van der Waals surface area (Å²) in [7, 11) is 0. The van der Waals surface area contributed by atoms with Crippen LogP contribution in [0, 0.1) is 5.21 Å². The molecule has 0 aromatic carbocycles. The number of primary amides is 2. The molecule has 0 spiro atoms. The van der Waals surface area contributed by atoms with Gasteiger partial charge in [0.05, 0.1) is 6.61 Å². The van der Waals surface area contributed by atoms with E-state index in [-0.39, 0.29) is 27.4 Å². The number of nitrogens with zero attached hydrogens (tertiary/aromatic N) is 5. The second-order valence-electron chi connectivity index (χ2n) is 4.02. The maximum Gasteiger partial charge on any atom is 0.416 e. The lowest BCUT2D eigenvalue weighted by atomic mass is 10.4. The Kier molecular flexibility index (Phi) is 5.59. The largest absolute Gasteiger partial charge is 0.762 e. The van der Waals surface area contributed by atoms with Crippen LogP contribution >= 0.6 is 0 Å². The number of hydrazine groups is 2. The number of hydrogen-bond acceptors (Lipinski definition) is 8. The van der Waals surface area contributed by atoms with E-state index in [1.165, 1.54) is 0 Å². The summed E-state index contributed by atoms with van der Waals surface area (Å²) in [4.78, 5) is 29.4. The molecule has 1 aromatic heterocycles. The predicted octanol–water partition coefficient (Wildman–Crippen LogP) is -2.19. The number of ether oxygens (including phenoxy) is 1. The van der Waals surface area contributed by atoms with Crippen molar-refractivity contribution in [2.45, 2.75) is 19.8 Å². The zero-order valence-corrected chi connectivity index (χ0v) is 11.8. The van der Waals surface area contributed by atoms with Gasteiger partial charge in [-0.3, -0.25) is 0 Å². The summed E-state index contributed by atoms with van der Waals surface area (Å²) in [5.41, 5.74) is 9.93. The molecule has 1 rings (SSSR count). The van der Waals surface area contributed by atoms with Crippen molar-refractivity contribution in [3.05, 3.63) is 5.21 Å². The predicted molar refractivity (Wildman–Crippen MR) is 73.9 cm³/mol. The highest BCUT2D eigenvalue weighted by Crippen LogP contribution is 2.13. The molecule has 0 saturated carbocycles. The van der Waals surface area contributed by atoms with Crippen molar-refractivity contribution >= 4 is 24.0 Å². The van der Waals surface area contributed by atoms with Crippen molar-refractivity contribution in [2.75, 3.05) is 16.6 Å². The third-order valence-electron chi connectivity index (χ3n) is 2.39. The highest BCUT2D eigenvalue weighted by molar-refractivity contribution is 5.88. The number of unbranched alkanes of at least 4 members (excludes halogenated alkanes) is 1. The van der Waals surface area contributed by atoms with E-state index in [9.17, 15) is 14.8 Å². The molecule has 1 heterocycles. The highest BCUT2D eigenvalue weighted by Gasteiger charge is 2.28. The molecule has 0 atom stereocenters. The van der Waals surface area contributed by atoms with Crippen LogP contribution in [0.1, 0.15) is 19.8 Å². The minimum Gasteiger partial charge on any atom is -0.762 e. The minimum atomic E-state index is -1.17. The standard InChI is InChI=1S/C9H17N9O4/c1-2-3-4-22-7-14-8(16(12)5(10)19)18(21)9(15-7)17(13)6(11)20/h2-4,12-13H2,1H3,(H2,10,19)(H2,11,20). The first-order valence-electron chi connectivity index (χ1n) is 6.12. The van der Waals surface area contributed by atoms with Crippen molar-refractivity contribution in [3.63, 3.8) is 0 Å². The van der Waals surface area contributed by atoms with Gasteiger partial charge < -0.3 is 21.4 Å². The topological polar surface area (TPSA) is 207 Å². The van der Waals surface area contributed by atoms with Crippen LogP contribution in [0.4, 0.5) is 21.5 Å². The average Bonchev–Trinajstić information content (AvgIpc) is 2.47. The average molecular weight is 315 g/mol. The van der Waals surface area contributed by atoms with Gasteiger partial charge >= 0.3 is 30.0 Å². The molecule has 0 aliphatic rings. The summed E-state index contributed by atoms with van der Waals surface area (Å²) >= 11 is 0. The van der Waals surface area contributed by atoms with Crippen molar-refractivity contribution < 1.29 is 19.1 Å². The minimum absolute atomic E-state index is 0.0812. The quantitative estimate of drug-likeness (QED) is 0.113. The van der Waals surface area contributed by atoms with Crippen LogP contribution in [-0.4, -0.2) is 28.6 Å². The van der Waals surface area contributed by atoms with Gasteiger partial charge in [-0.15, -0.1) is 10.0 Å². The Morgan fingerprint density at radius 2 is 1.64 bits per heavy atom. The number of anilines is 2. The van der Waals surface area contributed by atoms with E-state index in [0.717, 1.165) is 6.42 Å². The molecule has 1 aromatic rings. The molecule has 13 nitrogen and oxygen atoms in total. The molecule has 4 amide bonds. The summed E-state index contributed by atoms with van der Waals surface area (Å²) < 4.78 is 5.12. The Hall–Kier alpha value is -2.93. The number of urea groups is 2. The van der Waals surface area contributed by atoms with Gasteiger partial charge in [-0.25, -0.2) is 26.0 Å². The van der Waals surface area contributed by atoms with Crippen LogP contribution in [0.5, 0.6) is 6.01 Å². The van der Waals surface area contributed by atoms with Gasteiger partial charge in [-0.1, -0.05) is 23.3 Å². The third kappa shape index (κ3) is 3.80. The van der Waals surface area contributed by atoms with Gasteiger partial charge in [-0.05, 0) is 6.42 Å². The molecule has 0 unspecified atom stereocenters. The fourth-order valence-corrected chi connectivity index (χ4v) is 1.25. The fraction of sp³-hybridized carbons (Fsp3) is 0.444. The first kappa shape index (κ1) is 17.1. The monoisotopic (exact) mass is 315 g/mol. The number of aromatic nitrogens is 3. The Bertz CT molecular complexity index is 525. The van der Waals surface area contributed by atoms with Crippen LogP contribution in [0.2, 0.25) is 0 Å². The van der Waals surface area contributed by atoms with E-state index in [1.54, 1.807) is 0 Å². The Morgan fingerprint density at radius 1 is 1.18 bits per heavy atom. The van der Waals surface area contributed by atoms with Crippen molar-refractivity contribution in [3.8, 4) is 6.01 Å². The van der Waals surface area contributed by atoms with E-state index >= 15 is 0 Å². The van der Waals surface area contributed by atoms with E-state index in [1.807, 2.05) is 6.92 Å². The van der Waals surface area contributed by atoms with Gasteiger partial charge in [0.15, 0.2) is 0 Å². The van der Waals surface area contributed by atoms with Crippen molar-refractivity contribution in [1.82, 2.24) is 9.97 Å². The number of hydrogen-bond donors (Lipinski definition) is 4. The fourth-order valence-electron chi connectivity index (χ4n) is 1.25. The van der Waals surface area contributed by atoms with Crippen LogP contribution in [-0.2, 0) is 0 Å². The maximum absolute atomic E-state index is 12.0. The number of rotatable bonds is 6. The van der Waals surface area contributed by atoms with Crippen LogP contribution < -0.4 is 42.6 Å². The molecule has 0 radical (unpaired) electrons. The summed E-state index contributed by atoms with van der Waals surface area (Å²) in [5, 5.41) is 12.5. The van der Waals surface area contributed by atoms with Crippen molar-refractivity contribution in [2.24, 2.45) is 23.2 Å². The van der Waals surface area contributed by atoms with Gasteiger partial charge in [0, 0.05) is 0 Å². The van der Waals surface area contributed by atoms with Crippen LogP contribution in [0.15, 0.2) is 0 Å². The van der Waals surface area contributed by atoms with Crippen molar-refractivity contribution in [1.29, 1.82) is 0 Å². The molecule has 0 saturated heterocycles. The molecule has 13 heteroatoms. The van der Waals surface area contributed by atoms with E-state index < -0.39 is 24.0 Å². The highest BCUT2D eigenvalue weighted by atomic mass is 16.5. The van der Waals surface area contributed by atoms with E-state index in [4.69, 9.17) is 27.9 Å². The third-order valence-corrected chi connectivity index (χ3v) is 2.39. The molecule has 0 fully saturated rings. The van der Waals surface area contributed by atoms with Gasteiger partial charge in [0.25, 0.3) is 0 Å². The van der Waals surface area contributed by atoms with E-state index in [2.05, 4.69) is 9.97 Å². The zero-order valence-electron chi connectivity index (χ0n) is 11.8. The van der Waals surface area contributed by atoms with Gasteiger partial charge in [-0.2, -0.15) is 0 Å². The van der Waals surface area contributed by atoms with Gasteiger partial charge in [0.2, 0.25) is 0 Å². The molecular weight excluding hydrogens is 298 g/mol. The smallest absolute Gasteiger partial charge is 0.416 e. The summed E-state index contributed by atoms with van der Waals surface area (Å²) in [6, 6.07) is -2.66. The summed E-state index contributed by atoms with van der Waals surface area (Å²) in [6.07, 6.45) is 1.52. The molecule has 22 heavy (non-hydrogen) atoms. The summed E-state index contributed by atoms with van der Waals surface area (Å²) in [6.45, 7) is 2.17. The number of carbonyl (C=O) groups is 2. The molecule has 122 valence electrons. The molecule has 8 N–H and O–H groups in total. The second-order valence-corrected chi connectivity index (χ2v) is 4.02. The first-order valence-corrected chi connectivity index (χ1v) is 6.12. The Balaban J connectivity index is 3.30. The van der Waals surface area contributed by atoms with Gasteiger partial charge in [0.1, 0.15) is 0 Å². The molecule has 0 aliphatic carbocycles. The van der Waals surface area contributed by atoms with Crippen LogP contribution in [0.3, 0.4) is 0 Å². The zero-order chi connectivity index (χ0) is 16.9. The van der Waals surface area contributed by atoms with E-state index in [0.29, 0.717) is 6.42 Å². The lowest BCUT2D eigenvalue weighted by molar-refractivity contribution is -0.584. The van der Waals surface area contributed by atoms with Crippen LogP contribution in [0.25, 0.3) is 0 Å². The first-order chi connectivity index (χ1) is 10.3. The SMILES string of the molecule is CCCCOc1nc(N(N)C(N)=O)[n+]([O-])c(N(N)C(N)=O)n1. The molecular formula is C9H17N9O4. The normalized spacial score (nSPS) is 10.1. The lowest BCUT2D eigenvalue weighted by Gasteiger charge is -2.20. The number of nitrogens with two attached hydrogens (primary N) is 4. The number of amides is 4. The summed E-state index contributed by atoms with van der Waals surface area (Å²) in [5.74, 6) is 9.29.